The molecule has 0 aliphatic carbocycles. The number of esters is 1. The van der Waals surface area contributed by atoms with E-state index in [0.717, 1.165) is 12.0 Å². The first-order chi connectivity index (χ1) is 17.6. The fraction of sp³-hybridized carbons (Fsp3) is 0.593. The number of aryl methyl sites for hydroxylation is 1. The van der Waals surface area contributed by atoms with E-state index in [1.807, 2.05) is 26.0 Å². The zero-order valence-corrected chi connectivity index (χ0v) is 23.7. The fourth-order valence-corrected chi connectivity index (χ4v) is 3.65. The summed E-state index contributed by atoms with van der Waals surface area (Å²) in [6.07, 6.45) is -0.240. The Morgan fingerprint density at radius 1 is 1.00 bits per heavy atom. The molecule has 2 atom stereocenters. The van der Waals surface area contributed by atoms with Gasteiger partial charge in [-0.05, 0) is 58.6 Å². The Morgan fingerprint density at radius 3 is 2.03 bits per heavy atom. The second-order valence-electron chi connectivity index (χ2n) is 10.5. The van der Waals surface area contributed by atoms with Gasteiger partial charge in [0.15, 0.2) is 0 Å². The molecule has 1 rings (SSSR count). The molecule has 4 N–H and O–H groups in total. The van der Waals surface area contributed by atoms with E-state index >= 15 is 0 Å². The highest BCUT2D eigenvalue weighted by Crippen LogP contribution is 2.32. The van der Waals surface area contributed by atoms with Gasteiger partial charge in [-0.15, -0.1) is 0 Å². The van der Waals surface area contributed by atoms with Crippen molar-refractivity contribution >= 4 is 29.8 Å². The Morgan fingerprint density at radius 2 is 1.58 bits per heavy atom. The number of carbonyl (C=O) groups excluding carboxylic acids is 5. The molecule has 0 bridgehead atoms. The number of benzene rings is 1. The molecule has 11 heteroatoms. The highest BCUT2D eigenvalue weighted by atomic mass is 16.6. The van der Waals surface area contributed by atoms with Crippen LogP contribution < -0.4 is 16.4 Å². The van der Waals surface area contributed by atoms with E-state index in [1.54, 1.807) is 46.8 Å². The lowest BCUT2D eigenvalue weighted by molar-refractivity contribution is -0.150. The van der Waals surface area contributed by atoms with Gasteiger partial charge < -0.3 is 30.7 Å². The highest BCUT2D eigenvalue weighted by molar-refractivity contribution is 5.95. The first kappa shape index (κ1) is 32.4. The van der Waals surface area contributed by atoms with Gasteiger partial charge in [-0.25, -0.2) is 4.79 Å². The van der Waals surface area contributed by atoms with Crippen LogP contribution in [0.2, 0.25) is 0 Å². The Balaban J connectivity index is 3.65. The monoisotopic (exact) mass is 534 g/mol. The highest BCUT2D eigenvalue weighted by Gasteiger charge is 2.43. The number of primary amides is 1. The number of alkyl carbamates (subject to hydrolysis) is 1. The van der Waals surface area contributed by atoms with Crippen molar-refractivity contribution in [3.8, 4) is 0 Å². The molecule has 4 amide bonds. The van der Waals surface area contributed by atoms with Crippen LogP contribution in [0.4, 0.5) is 4.79 Å². The van der Waals surface area contributed by atoms with E-state index in [-0.39, 0.29) is 0 Å². The summed E-state index contributed by atoms with van der Waals surface area (Å²) in [6.45, 7) is 11.9. The number of hydrogen-bond donors (Lipinski definition) is 3. The molecule has 38 heavy (non-hydrogen) atoms. The summed E-state index contributed by atoms with van der Waals surface area (Å²) in [5, 5.41) is 4.98. The summed E-state index contributed by atoms with van der Waals surface area (Å²) in [5.41, 5.74) is 5.13. The molecule has 0 spiro atoms. The van der Waals surface area contributed by atoms with Gasteiger partial charge in [0.1, 0.15) is 24.2 Å². The Bertz CT molecular complexity index is 1000. The molecule has 0 saturated heterocycles. The SMILES string of the molecule is CCc1ccc(C(C(=O)NCC(=O)OC)N(C(=O)C(CC(N)=O)NC(=O)OC(C)(C)C)C(C)(C)CC)cc1. The topological polar surface area (TPSA) is 157 Å². The predicted octanol–water partition coefficient (Wildman–Crippen LogP) is 2.37. The quantitative estimate of drug-likeness (QED) is 0.347. The molecule has 212 valence electrons. The molecule has 1 aromatic rings. The Labute approximate surface area is 224 Å². The number of carbonyl (C=O) groups is 5. The summed E-state index contributed by atoms with van der Waals surface area (Å²) in [4.78, 5) is 65.2. The van der Waals surface area contributed by atoms with Crippen molar-refractivity contribution < 1.29 is 33.4 Å². The average molecular weight is 535 g/mol. The summed E-state index contributed by atoms with van der Waals surface area (Å²) in [5.74, 6) is -2.83. The van der Waals surface area contributed by atoms with Gasteiger partial charge in [0.25, 0.3) is 0 Å². The van der Waals surface area contributed by atoms with E-state index in [2.05, 4.69) is 15.4 Å². The molecular formula is C27H42N4O7. The van der Waals surface area contributed by atoms with Crippen LogP contribution in [-0.2, 0) is 35.1 Å². The van der Waals surface area contributed by atoms with Crippen LogP contribution in [0.3, 0.4) is 0 Å². The number of nitrogens with one attached hydrogen (secondary N) is 2. The molecule has 11 nitrogen and oxygen atoms in total. The van der Waals surface area contributed by atoms with Gasteiger partial charge in [-0.1, -0.05) is 38.1 Å². The first-order valence-electron chi connectivity index (χ1n) is 12.6. The maximum Gasteiger partial charge on any atom is 0.408 e. The van der Waals surface area contributed by atoms with E-state index in [1.165, 1.54) is 12.0 Å². The molecular weight excluding hydrogens is 492 g/mol. The minimum Gasteiger partial charge on any atom is -0.468 e. The summed E-state index contributed by atoms with van der Waals surface area (Å²) in [6, 6.07) is 4.55. The largest absolute Gasteiger partial charge is 0.468 e. The van der Waals surface area contributed by atoms with Gasteiger partial charge in [0.2, 0.25) is 17.7 Å². The van der Waals surface area contributed by atoms with Crippen LogP contribution in [0.25, 0.3) is 0 Å². The van der Waals surface area contributed by atoms with Crippen LogP contribution in [-0.4, -0.2) is 65.5 Å². The molecule has 1 aromatic carbocycles. The van der Waals surface area contributed by atoms with Crippen molar-refractivity contribution in [1.82, 2.24) is 15.5 Å². The Kier molecular flexibility index (Phi) is 11.8. The molecule has 0 fully saturated rings. The maximum absolute atomic E-state index is 14.1. The van der Waals surface area contributed by atoms with Crippen molar-refractivity contribution in [2.24, 2.45) is 5.73 Å². The Hall–Kier alpha value is -3.63. The van der Waals surface area contributed by atoms with Crippen LogP contribution in [0, 0.1) is 0 Å². The standard InChI is InChI=1S/C27H42N4O7/c1-9-17-11-13-18(14-12-17)22(23(34)29-16-21(33)37-8)31(27(6,7)10-2)24(35)19(15-20(28)32)30-25(36)38-26(3,4)5/h11-14,19,22H,9-10,15-16H2,1-8H3,(H2,28,32)(H,29,34)(H,30,36). The zero-order valence-electron chi connectivity index (χ0n) is 23.7. The van der Waals surface area contributed by atoms with Gasteiger partial charge in [0.05, 0.1) is 13.5 Å². The first-order valence-corrected chi connectivity index (χ1v) is 12.6. The zero-order chi connectivity index (χ0) is 29.3. The average Bonchev–Trinajstić information content (AvgIpc) is 2.83. The summed E-state index contributed by atoms with van der Waals surface area (Å²) in [7, 11) is 1.20. The number of nitrogens with two attached hydrogens (primary N) is 1. The van der Waals surface area contributed by atoms with E-state index in [9.17, 15) is 24.0 Å². The van der Waals surface area contributed by atoms with Gasteiger partial charge in [-0.3, -0.25) is 19.2 Å². The number of rotatable bonds is 12. The number of hydrogen-bond acceptors (Lipinski definition) is 7. The third-order valence-electron chi connectivity index (χ3n) is 5.99. The minimum absolute atomic E-state index is 0.408. The van der Waals surface area contributed by atoms with Crippen molar-refractivity contribution in [2.75, 3.05) is 13.7 Å². The van der Waals surface area contributed by atoms with E-state index in [0.29, 0.717) is 12.0 Å². The minimum atomic E-state index is -1.40. The van der Waals surface area contributed by atoms with Crippen LogP contribution in [0.15, 0.2) is 24.3 Å². The molecule has 2 unspecified atom stereocenters. The summed E-state index contributed by atoms with van der Waals surface area (Å²) < 4.78 is 9.91. The summed E-state index contributed by atoms with van der Waals surface area (Å²) >= 11 is 0. The van der Waals surface area contributed by atoms with E-state index < -0.39 is 66.0 Å². The normalized spacial score (nSPS) is 13.1. The molecule has 0 saturated carbocycles. The fourth-order valence-electron chi connectivity index (χ4n) is 3.65. The molecule has 0 aliphatic heterocycles. The smallest absolute Gasteiger partial charge is 0.408 e. The molecule has 0 heterocycles. The van der Waals surface area contributed by atoms with Crippen LogP contribution in [0.1, 0.15) is 78.5 Å². The predicted molar refractivity (Wildman–Crippen MR) is 142 cm³/mol. The number of methoxy groups -OCH3 is 1. The number of ether oxygens (including phenoxy) is 2. The molecule has 0 radical (unpaired) electrons. The van der Waals surface area contributed by atoms with Crippen LogP contribution in [0.5, 0.6) is 0 Å². The van der Waals surface area contributed by atoms with Gasteiger partial charge in [0, 0.05) is 5.54 Å². The van der Waals surface area contributed by atoms with Crippen molar-refractivity contribution in [1.29, 1.82) is 0 Å². The number of nitrogens with zero attached hydrogens (tertiary/aromatic N) is 1. The second-order valence-corrected chi connectivity index (χ2v) is 10.5. The third kappa shape index (κ3) is 9.68. The lowest BCUT2D eigenvalue weighted by atomic mass is 9.91. The lowest BCUT2D eigenvalue weighted by Gasteiger charge is -2.44. The van der Waals surface area contributed by atoms with Gasteiger partial charge >= 0.3 is 12.1 Å². The maximum atomic E-state index is 14.1. The van der Waals surface area contributed by atoms with Crippen molar-refractivity contribution in [3.05, 3.63) is 35.4 Å². The van der Waals surface area contributed by atoms with Crippen LogP contribution >= 0.6 is 0 Å². The third-order valence-corrected chi connectivity index (χ3v) is 5.99. The second kappa shape index (κ2) is 13.8. The van der Waals surface area contributed by atoms with Crippen molar-refractivity contribution in [3.63, 3.8) is 0 Å². The molecule has 0 aromatic heterocycles. The lowest BCUT2D eigenvalue weighted by Crippen LogP contribution is -2.60. The van der Waals surface area contributed by atoms with E-state index in [4.69, 9.17) is 10.5 Å². The van der Waals surface area contributed by atoms with Crippen molar-refractivity contribution in [2.45, 2.75) is 91.0 Å². The molecule has 0 aliphatic rings. The number of amides is 4. The van der Waals surface area contributed by atoms with Gasteiger partial charge in [-0.2, -0.15) is 0 Å².